The third kappa shape index (κ3) is 3.18. The van der Waals surface area contributed by atoms with E-state index in [1.165, 1.54) is 0 Å². The van der Waals surface area contributed by atoms with Gasteiger partial charge in [-0.25, -0.2) is 0 Å². The molecule has 1 nitrogen and oxygen atoms in total. The summed E-state index contributed by atoms with van der Waals surface area (Å²) in [7, 11) is 0. The molecule has 0 unspecified atom stereocenters. The second-order valence-electron chi connectivity index (χ2n) is 3.70. The van der Waals surface area contributed by atoms with Crippen LogP contribution >= 0.6 is 27.5 Å². The first-order valence-corrected chi connectivity index (χ1v) is 6.36. The zero-order valence-electron chi connectivity index (χ0n) is 8.99. The Morgan fingerprint density at radius 3 is 2.35 bits per heavy atom. The van der Waals surface area contributed by atoms with E-state index >= 15 is 0 Å². The molecular formula is C14H10BrClO. The summed E-state index contributed by atoms with van der Waals surface area (Å²) in [4.78, 5) is 11.0. The van der Waals surface area contributed by atoms with Crippen LogP contribution in [0.5, 0.6) is 0 Å². The predicted molar refractivity (Wildman–Crippen MR) is 74.5 cm³/mol. The molecule has 0 atom stereocenters. The summed E-state index contributed by atoms with van der Waals surface area (Å²) in [5.74, 6) is 0. The van der Waals surface area contributed by atoms with Crippen LogP contribution in [0, 0.1) is 0 Å². The second-order valence-corrected chi connectivity index (χ2v) is 5.00. The molecule has 0 aliphatic heterocycles. The van der Waals surface area contributed by atoms with E-state index in [4.69, 9.17) is 11.6 Å². The Balaban J connectivity index is 2.34. The summed E-state index contributed by atoms with van der Waals surface area (Å²) in [6.45, 7) is 0. The SMILES string of the molecule is O=C(Br)Cc1ccc(-c2ccccc2)cc1Cl. The minimum Gasteiger partial charge on any atom is -0.286 e. The van der Waals surface area contributed by atoms with Gasteiger partial charge in [0.15, 0.2) is 0 Å². The molecule has 0 saturated carbocycles. The quantitative estimate of drug-likeness (QED) is 0.765. The third-order valence-corrected chi connectivity index (χ3v) is 3.12. The van der Waals surface area contributed by atoms with Gasteiger partial charge in [-0.1, -0.05) is 54.1 Å². The molecule has 2 rings (SSSR count). The maximum atomic E-state index is 11.0. The fourth-order valence-electron chi connectivity index (χ4n) is 1.65. The van der Waals surface area contributed by atoms with E-state index in [1.54, 1.807) is 0 Å². The Bertz CT molecular complexity index is 537. The molecule has 2 aromatic carbocycles. The van der Waals surface area contributed by atoms with E-state index in [2.05, 4.69) is 15.9 Å². The molecule has 0 fully saturated rings. The van der Waals surface area contributed by atoms with Gasteiger partial charge in [-0.05, 0) is 38.7 Å². The van der Waals surface area contributed by atoms with Crippen LogP contribution in [0.4, 0.5) is 0 Å². The van der Waals surface area contributed by atoms with Gasteiger partial charge in [0.25, 0.3) is 0 Å². The van der Waals surface area contributed by atoms with Crippen molar-refractivity contribution >= 4 is 32.2 Å². The topological polar surface area (TPSA) is 17.1 Å². The van der Waals surface area contributed by atoms with Crippen LogP contribution in [0.15, 0.2) is 48.5 Å². The first-order valence-electron chi connectivity index (χ1n) is 5.19. The Morgan fingerprint density at radius 2 is 1.76 bits per heavy atom. The number of rotatable bonds is 3. The normalized spacial score (nSPS) is 10.2. The fraction of sp³-hybridized carbons (Fsp3) is 0.0714. The number of carbonyl (C=O) groups is 1. The van der Waals surface area contributed by atoms with E-state index < -0.39 is 0 Å². The second kappa shape index (κ2) is 5.48. The highest BCUT2D eigenvalue weighted by atomic mass is 79.9. The molecule has 0 bridgehead atoms. The molecule has 0 spiro atoms. The van der Waals surface area contributed by atoms with Gasteiger partial charge < -0.3 is 0 Å². The van der Waals surface area contributed by atoms with Gasteiger partial charge in [0.05, 0.1) is 0 Å². The maximum absolute atomic E-state index is 11.0. The molecular weight excluding hydrogens is 300 g/mol. The van der Waals surface area contributed by atoms with Crippen LogP contribution in [0.1, 0.15) is 5.56 Å². The first-order chi connectivity index (χ1) is 8.16. The summed E-state index contributed by atoms with van der Waals surface area (Å²) in [5, 5.41) is 0.624. The van der Waals surface area contributed by atoms with Gasteiger partial charge in [0, 0.05) is 11.4 Å². The Morgan fingerprint density at radius 1 is 1.06 bits per heavy atom. The van der Waals surface area contributed by atoms with Crippen LogP contribution < -0.4 is 0 Å². The van der Waals surface area contributed by atoms with Gasteiger partial charge in [-0.2, -0.15) is 0 Å². The number of halogens is 2. The van der Waals surface area contributed by atoms with Crippen molar-refractivity contribution in [2.45, 2.75) is 6.42 Å². The first kappa shape index (κ1) is 12.3. The van der Waals surface area contributed by atoms with Crippen LogP contribution in [0.3, 0.4) is 0 Å². The van der Waals surface area contributed by atoms with Gasteiger partial charge >= 0.3 is 0 Å². The van der Waals surface area contributed by atoms with Crippen molar-refractivity contribution in [3.05, 3.63) is 59.1 Å². The van der Waals surface area contributed by atoms with E-state index in [0.29, 0.717) is 11.4 Å². The average molecular weight is 310 g/mol. The molecule has 0 N–H and O–H groups in total. The molecule has 0 aliphatic carbocycles. The van der Waals surface area contributed by atoms with Crippen molar-refractivity contribution in [1.29, 1.82) is 0 Å². The Kier molecular flexibility index (Phi) is 3.97. The van der Waals surface area contributed by atoms with Gasteiger partial charge in [-0.15, -0.1) is 0 Å². The largest absolute Gasteiger partial charge is 0.286 e. The highest BCUT2D eigenvalue weighted by Crippen LogP contribution is 2.26. The smallest absolute Gasteiger partial charge is 0.202 e. The van der Waals surface area contributed by atoms with Crippen molar-refractivity contribution in [2.75, 3.05) is 0 Å². The molecule has 3 heteroatoms. The lowest BCUT2D eigenvalue weighted by Gasteiger charge is -2.05. The highest BCUT2D eigenvalue weighted by molar-refractivity contribution is 9.18. The lowest BCUT2D eigenvalue weighted by atomic mass is 10.0. The fourth-order valence-corrected chi connectivity index (χ4v) is 2.20. The maximum Gasteiger partial charge on any atom is 0.202 e. The predicted octanol–water partition coefficient (Wildman–Crippen LogP) is 4.47. The van der Waals surface area contributed by atoms with E-state index in [1.807, 2.05) is 48.5 Å². The van der Waals surface area contributed by atoms with E-state index in [0.717, 1.165) is 16.7 Å². The zero-order chi connectivity index (χ0) is 12.3. The molecule has 2 aromatic rings. The van der Waals surface area contributed by atoms with E-state index in [-0.39, 0.29) is 4.69 Å². The summed E-state index contributed by atoms with van der Waals surface area (Å²) >= 11 is 9.06. The molecule has 0 aromatic heterocycles. The lowest BCUT2D eigenvalue weighted by Crippen LogP contribution is -1.94. The van der Waals surface area contributed by atoms with Crippen LogP contribution in [0.25, 0.3) is 11.1 Å². The average Bonchev–Trinajstić information content (AvgIpc) is 2.32. The van der Waals surface area contributed by atoms with Gasteiger partial charge in [-0.3, -0.25) is 4.79 Å². The van der Waals surface area contributed by atoms with Crippen molar-refractivity contribution < 1.29 is 4.79 Å². The molecule has 0 aliphatic rings. The highest BCUT2D eigenvalue weighted by Gasteiger charge is 2.06. The minimum atomic E-state index is -0.0631. The van der Waals surface area contributed by atoms with Crippen LogP contribution in [-0.4, -0.2) is 4.69 Å². The molecule has 0 saturated heterocycles. The van der Waals surface area contributed by atoms with Crippen LogP contribution in [0.2, 0.25) is 5.02 Å². The van der Waals surface area contributed by atoms with E-state index in [9.17, 15) is 4.79 Å². The number of hydrogen-bond donors (Lipinski definition) is 0. The number of benzene rings is 2. The monoisotopic (exact) mass is 308 g/mol. The van der Waals surface area contributed by atoms with Crippen molar-refractivity contribution in [3.8, 4) is 11.1 Å². The van der Waals surface area contributed by atoms with Crippen molar-refractivity contribution in [3.63, 3.8) is 0 Å². The number of carbonyl (C=O) groups excluding carboxylic acids is 1. The minimum absolute atomic E-state index is 0.0631. The molecule has 0 radical (unpaired) electrons. The Labute approximate surface area is 114 Å². The van der Waals surface area contributed by atoms with Crippen LogP contribution in [-0.2, 0) is 11.2 Å². The summed E-state index contributed by atoms with van der Waals surface area (Å²) < 4.78 is -0.0631. The molecule has 0 heterocycles. The van der Waals surface area contributed by atoms with Crippen molar-refractivity contribution in [1.82, 2.24) is 0 Å². The van der Waals surface area contributed by atoms with Gasteiger partial charge in [0.1, 0.15) is 0 Å². The third-order valence-electron chi connectivity index (χ3n) is 2.49. The molecule has 0 amide bonds. The molecule has 17 heavy (non-hydrogen) atoms. The van der Waals surface area contributed by atoms with Gasteiger partial charge in [0.2, 0.25) is 4.69 Å². The summed E-state index contributed by atoms with van der Waals surface area (Å²) in [6, 6.07) is 15.8. The lowest BCUT2D eigenvalue weighted by molar-refractivity contribution is -0.109. The summed E-state index contributed by atoms with van der Waals surface area (Å²) in [6.07, 6.45) is 0.313. The standard InChI is InChI=1S/C14H10BrClO/c15-14(17)9-12-7-6-11(8-13(12)16)10-4-2-1-3-5-10/h1-8H,9H2. The zero-order valence-corrected chi connectivity index (χ0v) is 11.3. The summed E-state index contributed by atoms with van der Waals surface area (Å²) in [5.41, 5.74) is 3.01. The Hall–Kier alpha value is -1.12. The molecule has 86 valence electrons. The van der Waals surface area contributed by atoms with Crippen molar-refractivity contribution in [2.24, 2.45) is 0 Å². The number of hydrogen-bond acceptors (Lipinski definition) is 1.